The van der Waals surface area contributed by atoms with E-state index in [4.69, 9.17) is 4.74 Å². The third kappa shape index (κ3) is 4.78. The minimum Gasteiger partial charge on any atom is -0.497 e. The number of ether oxygens (including phenoxy) is 1. The molecule has 0 saturated heterocycles. The lowest BCUT2D eigenvalue weighted by Gasteiger charge is -2.12. The molecule has 0 fully saturated rings. The summed E-state index contributed by atoms with van der Waals surface area (Å²) in [5.41, 5.74) is 3.74. The first-order chi connectivity index (χ1) is 15.2. The summed E-state index contributed by atoms with van der Waals surface area (Å²) in [5.74, 6) is 1.65. The van der Waals surface area contributed by atoms with E-state index in [1.165, 1.54) is 11.8 Å². The van der Waals surface area contributed by atoms with Gasteiger partial charge in [0.2, 0.25) is 5.91 Å². The third-order valence-corrected chi connectivity index (χ3v) is 5.67. The Balaban J connectivity index is 1.47. The van der Waals surface area contributed by atoms with Crippen LogP contribution in [0.1, 0.15) is 5.82 Å². The largest absolute Gasteiger partial charge is 0.497 e. The van der Waals surface area contributed by atoms with Gasteiger partial charge in [0.05, 0.1) is 12.9 Å². The minimum absolute atomic E-state index is 0.102. The van der Waals surface area contributed by atoms with Gasteiger partial charge in [0, 0.05) is 16.9 Å². The first-order valence-corrected chi connectivity index (χ1v) is 10.8. The Morgan fingerprint density at radius 2 is 1.68 bits per heavy atom. The van der Waals surface area contributed by atoms with Crippen LogP contribution in [-0.2, 0) is 4.79 Å². The van der Waals surface area contributed by atoms with Gasteiger partial charge >= 0.3 is 0 Å². The number of amides is 1. The van der Waals surface area contributed by atoms with Gasteiger partial charge < -0.3 is 10.1 Å². The van der Waals surface area contributed by atoms with Gasteiger partial charge in [0.15, 0.2) is 5.16 Å². The molecule has 3 aromatic carbocycles. The van der Waals surface area contributed by atoms with Crippen molar-refractivity contribution in [2.24, 2.45) is 0 Å². The highest BCUT2D eigenvalue weighted by Crippen LogP contribution is 2.28. The van der Waals surface area contributed by atoms with E-state index in [1.54, 1.807) is 7.11 Å². The smallest absolute Gasteiger partial charge is 0.234 e. The summed E-state index contributed by atoms with van der Waals surface area (Å²) in [6.07, 6.45) is 0. The van der Waals surface area contributed by atoms with E-state index in [-0.39, 0.29) is 11.7 Å². The summed E-state index contributed by atoms with van der Waals surface area (Å²) in [7, 11) is 1.63. The Kier molecular flexibility index (Phi) is 6.33. The highest BCUT2D eigenvalue weighted by atomic mass is 32.2. The lowest BCUT2D eigenvalue weighted by molar-refractivity contribution is -0.113. The van der Waals surface area contributed by atoms with E-state index in [9.17, 15) is 4.79 Å². The molecule has 0 saturated carbocycles. The van der Waals surface area contributed by atoms with Crippen molar-refractivity contribution in [1.29, 1.82) is 0 Å². The fourth-order valence-electron chi connectivity index (χ4n) is 3.24. The van der Waals surface area contributed by atoms with Crippen molar-refractivity contribution in [2.45, 2.75) is 12.1 Å². The molecule has 156 valence electrons. The summed E-state index contributed by atoms with van der Waals surface area (Å²) in [6.45, 7) is 1.89. The molecule has 1 aromatic heterocycles. The number of aromatic nitrogens is 3. The van der Waals surface area contributed by atoms with Gasteiger partial charge in [-0.05, 0) is 42.8 Å². The number of thioether (sulfide) groups is 1. The topological polar surface area (TPSA) is 69.0 Å². The molecule has 1 amide bonds. The van der Waals surface area contributed by atoms with Crippen LogP contribution in [0.5, 0.6) is 5.75 Å². The molecule has 0 aliphatic heterocycles. The lowest BCUT2D eigenvalue weighted by atomic mass is 10.0. The molecule has 6 nitrogen and oxygen atoms in total. The molecular formula is C24H22N4O2S. The third-order valence-electron chi connectivity index (χ3n) is 4.74. The number of carbonyl (C=O) groups is 1. The quantitative estimate of drug-likeness (QED) is 0.419. The Morgan fingerprint density at radius 1 is 0.968 bits per heavy atom. The van der Waals surface area contributed by atoms with Crippen molar-refractivity contribution >= 4 is 23.4 Å². The number of hydrogen-bond donors (Lipinski definition) is 1. The van der Waals surface area contributed by atoms with Crippen LogP contribution in [-0.4, -0.2) is 33.5 Å². The molecule has 1 N–H and O–H groups in total. The summed E-state index contributed by atoms with van der Waals surface area (Å²) in [5, 5.41) is 12.1. The molecule has 0 spiro atoms. The van der Waals surface area contributed by atoms with Crippen molar-refractivity contribution in [2.75, 3.05) is 18.2 Å². The molecule has 0 aliphatic carbocycles. The molecule has 0 aliphatic rings. The van der Waals surface area contributed by atoms with Gasteiger partial charge in [-0.3, -0.25) is 9.36 Å². The van der Waals surface area contributed by atoms with Crippen LogP contribution in [0.2, 0.25) is 0 Å². The zero-order valence-electron chi connectivity index (χ0n) is 17.3. The van der Waals surface area contributed by atoms with Crippen molar-refractivity contribution in [3.8, 4) is 22.6 Å². The van der Waals surface area contributed by atoms with Crippen LogP contribution >= 0.6 is 11.8 Å². The number of rotatable bonds is 7. The van der Waals surface area contributed by atoms with E-state index >= 15 is 0 Å². The van der Waals surface area contributed by atoms with Crippen LogP contribution in [0.4, 0.5) is 5.69 Å². The van der Waals surface area contributed by atoms with Gasteiger partial charge in [-0.1, -0.05) is 60.3 Å². The number of benzene rings is 3. The van der Waals surface area contributed by atoms with Crippen molar-refractivity contribution in [1.82, 2.24) is 14.8 Å². The fourth-order valence-corrected chi connectivity index (χ4v) is 4.04. The molecule has 0 atom stereocenters. The Morgan fingerprint density at radius 3 is 2.42 bits per heavy atom. The first-order valence-electron chi connectivity index (χ1n) is 9.79. The predicted octanol–water partition coefficient (Wildman–Crippen LogP) is 4.98. The zero-order valence-corrected chi connectivity index (χ0v) is 18.1. The molecule has 0 bridgehead atoms. The highest BCUT2D eigenvalue weighted by molar-refractivity contribution is 7.99. The Hall–Kier alpha value is -3.58. The van der Waals surface area contributed by atoms with Gasteiger partial charge in [-0.2, -0.15) is 0 Å². The van der Waals surface area contributed by atoms with E-state index < -0.39 is 0 Å². The monoisotopic (exact) mass is 430 g/mol. The minimum atomic E-state index is -0.102. The second-order valence-electron chi connectivity index (χ2n) is 6.81. The van der Waals surface area contributed by atoms with Gasteiger partial charge in [-0.15, -0.1) is 10.2 Å². The second kappa shape index (κ2) is 9.49. The Bertz CT molecular complexity index is 1170. The van der Waals surface area contributed by atoms with Gasteiger partial charge in [0.1, 0.15) is 11.6 Å². The maximum Gasteiger partial charge on any atom is 0.234 e. The Labute approximate surface area is 185 Å². The van der Waals surface area contributed by atoms with Gasteiger partial charge in [-0.25, -0.2) is 0 Å². The average Bonchev–Trinajstić information content (AvgIpc) is 3.19. The number of methoxy groups -OCH3 is 1. The molecule has 7 heteroatoms. The van der Waals surface area contributed by atoms with E-state index in [0.29, 0.717) is 5.16 Å². The zero-order chi connectivity index (χ0) is 21.6. The molecule has 31 heavy (non-hydrogen) atoms. The summed E-state index contributed by atoms with van der Waals surface area (Å²) < 4.78 is 7.15. The number of anilines is 1. The lowest BCUT2D eigenvalue weighted by Crippen LogP contribution is -2.15. The normalized spacial score (nSPS) is 10.6. The van der Waals surface area contributed by atoms with Crippen molar-refractivity contribution < 1.29 is 9.53 Å². The number of carbonyl (C=O) groups excluding carboxylic acids is 1. The van der Waals surface area contributed by atoms with Crippen LogP contribution in [0.15, 0.2) is 84.0 Å². The maximum atomic E-state index is 12.7. The van der Waals surface area contributed by atoms with Crippen LogP contribution < -0.4 is 10.1 Å². The first kappa shape index (κ1) is 20.7. The van der Waals surface area contributed by atoms with Crippen LogP contribution in [0, 0.1) is 6.92 Å². The van der Waals surface area contributed by atoms with Crippen LogP contribution in [0.3, 0.4) is 0 Å². The molecule has 1 heterocycles. The SMILES string of the molecule is COc1ccc(-n2c(C)nnc2SCC(=O)Nc2ccccc2-c2ccccc2)cc1. The number of nitrogens with zero attached hydrogens (tertiary/aromatic N) is 3. The van der Waals surface area contributed by atoms with Gasteiger partial charge in [0.25, 0.3) is 0 Å². The molecule has 4 rings (SSSR count). The van der Waals surface area contributed by atoms with Crippen molar-refractivity contribution in [3.63, 3.8) is 0 Å². The number of aryl methyl sites for hydroxylation is 1. The highest BCUT2D eigenvalue weighted by Gasteiger charge is 2.14. The number of para-hydroxylation sites is 1. The van der Waals surface area contributed by atoms with Crippen molar-refractivity contribution in [3.05, 3.63) is 84.7 Å². The molecular weight excluding hydrogens is 408 g/mol. The fraction of sp³-hybridized carbons (Fsp3) is 0.125. The average molecular weight is 431 g/mol. The molecule has 0 unspecified atom stereocenters. The number of nitrogens with one attached hydrogen (secondary N) is 1. The molecule has 0 radical (unpaired) electrons. The maximum absolute atomic E-state index is 12.7. The van der Waals surface area contributed by atoms with E-state index in [1.807, 2.05) is 90.4 Å². The summed E-state index contributed by atoms with van der Waals surface area (Å²) in [6, 6.07) is 25.4. The molecule has 4 aromatic rings. The van der Waals surface area contributed by atoms with Crippen LogP contribution in [0.25, 0.3) is 16.8 Å². The summed E-state index contributed by atoms with van der Waals surface area (Å²) >= 11 is 1.35. The van der Waals surface area contributed by atoms with E-state index in [0.717, 1.165) is 34.1 Å². The predicted molar refractivity (Wildman–Crippen MR) is 124 cm³/mol. The summed E-state index contributed by atoms with van der Waals surface area (Å²) in [4.78, 5) is 12.7. The van der Waals surface area contributed by atoms with E-state index in [2.05, 4.69) is 15.5 Å². The second-order valence-corrected chi connectivity index (χ2v) is 7.75. The number of hydrogen-bond acceptors (Lipinski definition) is 5. The standard InChI is InChI=1S/C24H22N4O2S/c1-17-26-27-24(28(17)19-12-14-20(30-2)15-13-19)31-16-23(29)25-22-11-7-6-10-21(22)18-8-4-3-5-9-18/h3-15H,16H2,1-2H3,(H,25,29).